The number of aryl methyl sites for hydroxylation is 1. The zero-order valence-corrected chi connectivity index (χ0v) is 15.9. The Morgan fingerprint density at radius 2 is 2.00 bits per heavy atom. The molecule has 2 aliphatic heterocycles. The van der Waals surface area contributed by atoms with Gasteiger partial charge in [0.1, 0.15) is 0 Å². The molecule has 0 radical (unpaired) electrons. The summed E-state index contributed by atoms with van der Waals surface area (Å²) in [6.45, 7) is 9.58. The predicted molar refractivity (Wildman–Crippen MR) is 104 cm³/mol. The van der Waals surface area contributed by atoms with Crippen LogP contribution in [0.1, 0.15) is 22.4 Å². The van der Waals surface area contributed by atoms with E-state index in [4.69, 9.17) is 4.74 Å². The van der Waals surface area contributed by atoms with Gasteiger partial charge in [-0.25, -0.2) is 0 Å². The zero-order valence-electron chi connectivity index (χ0n) is 15.1. The summed E-state index contributed by atoms with van der Waals surface area (Å²) in [5.41, 5.74) is 2.86. The molecule has 1 aromatic carbocycles. The second-order valence-electron chi connectivity index (χ2n) is 7.41. The molecule has 0 amide bonds. The van der Waals surface area contributed by atoms with E-state index < -0.39 is 0 Å². The number of thiophene rings is 1. The molecule has 2 saturated heterocycles. The standard InChI is InChI=1S/C21H28N2OS/c1-17-8-12-25-21(17)15-22-9-7-20-19(14-22)16-24-11-10-23(20)13-18-5-3-2-4-6-18/h2-6,8,12,19-20H,7,9-11,13-16H2,1H3/t19-,20-/m1/s1. The predicted octanol–water partition coefficient (Wildman–Crippen LogP) is 3.78. The average Bonchev–Trinajstić information content (AvgIpc) is 2.93. The van der Waals surface area contributed by atoms with Crippen molar-refractivity contribution in [3.05, 3.63) is 57.8 Å². The van der Waals surface area contributed by atoms with Crippen molar-refractivity contribution >= 4 is 11.3 Å². The molecule has 3 nitrogen and oxygen atoms in total. The number of rotatable bonds is 4. The number of likely N-dealkylation sites (tertiary alicyclic amines) is 1. The van der Waals surface area contributed by atoms with E-state index in [0.29, 0.717) is 12.0 Å². The van der Waals surface area contributed by atoms with Crippen LogP contribution in [-0.4, -0.2) is 48.7 Å². The van der Waals surface area contributed by atoms with Gasteiger partial charge in [0, 0.05) is 49.6 Å². The fourth-order valence-corrected chi connectivity index (χ4v) is 5.20. The van der Waals surface area contributed by atoms with Gasteiger partial charge < -0.3 is 4.74 Å². The first-order chi connectivity index (χ1) is 12.3. The zero-order chi connectivity index (χ0) is 17.1. The Kier molecular flexibility index (Phi) is 5.51. The fraction of sp³-hybridized carbons (Fsp3) is 0.524. The largest absolute Gasteiger partial charge is 0.380 e. The Balaban J connectivity index is 1.42. The summed E-state index contributed by atoms with van der Waals surface area (Å²) in [6.07, 6.45) is 1.26. The molecule has 2 aliphatic rings. The summed E-state index contributed by atoms with van der Waals surface area (Å²) in [6, 6.07) is 13.8. The first-order valence-electron chi connectivity index (χ1n) is 9.40. The van der Waals surface area contributed by atoms with Gasteiger partial charge in [-0.2, -0.15) is 0 Å². The molecule has 4 heteroatoms. The first kappa shape index (κ1) is 17.2. The minimum absolute atomic E-state index is 0.625. The van der Waals surface area contributed by atoms with E-state index >= 15 is 0 Å². The number of fused-ring (bicyclic) bond motifs is 1. The molecule has 1 aromatic heterocycles. The second kappa shape index (κ2) is 8.00. The molecule has 0 N–H and O–H groups in total. The highest BCUT2D eigenvalue weighted by Gasteiger charge is 2.35. The third-order valence-electron chi connectivity index (χ3n) is 5.67. The molecule has 0 spiro atoms. The lowest BCUT2D eigenvalue weighted by Crippen LogP contribution is -2.50. The SMILES string of the molecule is Cc1ccsc1CN1CC[C@@H]2[C@@H](COCCN2Cc2ccccc2)C1. The third-order valence-corrected chi connectivity index (χ3v) is 6.67. The van der Waals surface area contributed by atoms with Gasteiger partial charge in [-0.3, -0.25) is 9.80 Å². The Morgan fingerprint density at radius 1 is 1.12 bits per heavy atom. The van der Waals surface area contributed by atoms with Crippen LogP contribution in [0.4, 0.5) is 0 Å². The first-order valence-corrected chi connectivity index (χ1v) is 10.3. The van der Waals surface area contributed by atoms with Crippen molar-refractivity contribution in [3.63, 3.8) is 0 Å². The Hall–Kier alpha value is -1.20. The van der Waals surface area contributed by atoms with E-state index in [1.807, 2.05) is 11.3 Å². The lowest BCUT2D eigenvalue weighted by molar-refractivity contribution is 0.0443. The van der Waals surface area contributed by atoms with Crippen molar-refractivity contribution in [1.29, 1.82) is 0 Å². The van der Waals surface area contributed by atoms with Gasteiger partial charge in [-0.15, -0.1) is 11.3 Å². The molecular formula is C21H28N2OS. The third kappa shape index (κ3) is 4.14. The van der Waals surface area contributed by atoms with E-state index in [2.05, 4.69) is 58.5 Å². The molecule has 3 heterocycles. The number of hydrogen-bond donors (Lipinski definition) is 0. The van der Waals surface area contributed by atoms with Crippen LogP contribution in [0.15, 0.2) is 41.8 Å². The highest BCUT2D eigenvalue weighted by molar-refractivity contribution is 7.10. The molecular weight excluding hydrogens is 328 g/mol. The highest BCUT2D eigenvalue weighted by Crippen LogP contribution is 2.28. The maximum absolute atomic E-state index is 5.97. The van der Waals surface area contributed by atoms with E-state index in [0.717, 1.165) is 39.4 Å². The minimum Gasteiger partial charge on any atom is -0.380 e. The molecule has 0 bridgehead atoms. The Bertz CT molecular complexity index is 672. The smallest absolute Gasteiger partial charge is 0.0593 e. The summed E-state index contributed by atoms with van der Waals surface area (Å²) in [5.74, 6) is 0.625. The molecule has 0 unspecified atom stereocenters. The molecule has 134 valence electrons. The summed E-state index contributed by atoms with van der Waals surface area (Å²) in [7, 11) is 0. The molecule has 25 heavy (non-hydrogen) atoms. The number of ether oxygens (including phenoxy) is 1. The maximum Gasteiger partial charge on any atom is 0.0593 e. The number of piperidine rings is 1. The van der Waals surface area contributed by atoms with Crippen LogP contribution in [0.2, 0.25) is 0 Å². The van der Waals surface area contributed by atoms with Crippen LogP contribution in [0.3, 0.4) is 0 Å². The van der Waals surface area contributed by atoms with Crippen LogP contribution in [0.5, 0.6) is 0 Å². The van der Waals surface area contributed by atoms with Crippen molar-refractivity contribution in [3.8, 4) is 0 Å². The van der Waals surface area contributed by atoms with Crippen molar-refractivity contribution in [2.24, 2.45) is 5.92 Å². The van der Waals surface area contributed by atoms with Crippen LogP contribution < -0.4 is 0 Å². The number of nitrogens with zero attached hydrogens (tertiary/aromatic N) is 2. The van der Waals surface area contributed by atoms with Gasteiger partial charge in [0.05, 0.1) is 13.2 Å². The van der Waals surface area contributed by atoms with Gasteiger partial charge in [0.25, 0.3) is 0 Å². The van der Waals surface area contributed by atoms with Crippen molar-refractivity contribution in [1.82, 2.24) is 9.80 Å². The summed E-state index contributed by atoms with van der Waals surface area (Å²) in [4.78, 5) is 6.82. The fourth-order valence-electron chi connectivity index (χ4n) is 4.25. The van der Waals surface area contributed by atoms with Crippen LogP contribution >= 0.6 is 11.3 Å². The summed E-state index contributed by atoms with van der Waals surface area (Å²) in [5, 5.41) is 2.22. The molecule has 2 fully saturated rings. The highest BCUT2D eigenvalue weighted by atomic mass is 32.1. The van der Waals surface area contributed by atoms with Gasteiger partial charge in [-0.05, 0) is 35.9 Å². The second-order valence-corrected chi connectivity index (χ2v) is 8.41. The van der Waals surface area contributed by atoms with Crippen LogP contribution in [0.25, 0.3) is 0 Å². The van der Waals surface area contributed by atoms with Gasteiger partial charge in [0.2, 0.25) is 0 Å². The van der Waals surface area contributed by atoms with E-state index in [9.17, 15) is 0 Å². The Morgan fingerprint density at radius 3 is 2.80 bits per heavy atom. The Labute approximate surface area is 155 Å². The van der Waals surface area contributed by atoms with Gasteiger partial charge >= 0.3 is 0 Å². The van der Waals surface area contributed by atoms with Gasteiger partial charge in [-0.1, -0.05) is 30.3 Å². The topological polar surface area (TPSA) is 15.7 Å². The molecule has 4 rings (SSSR count). The normalized spacial score (nSPS) is 25.5. The van der Waals surface area contributed by atoms with Crippen molar-refractivity contribution in [2.45, 2.75) is 32.5 Å². The minimum atomic E-state index is 0.625. The quantitative estimate of drug-likeness (QED) is 0.829. The van der Waals surface area contributed by atoms with E-state index in [-0.39, 0.29) is 0 Å². The maximum atomic E-state index is 5.97. The van der Waals surface area contributed by atoms with Crippen molar-refractivity contribution in [2.75, 3.05) is 32.8 Å². The molecule has 0 aliphatic carbocycles. The molecule has 2 atom stereocenters. The average molecular weight is 357 g/mol. The number of hydrogen-bond acceptors (Lipinski definition) is 4. The monoisotopic (exact) mass is 356 g/mol. The van der Waals surface area contributed by atoms with Crippen molar-refractivity contribution < 1.29 is 4.74 Å². The lowest BCUT2D eigenvalue weighted by atomic mass is 9.91. The molecule has 2 aromatic rings. The number of benzene rings is 1. The van der Waals surface area contributed by atoms with Crippen LogP contribution in [-0.2, 0) is 17.8 Å². The lowest BCUT2D eigenvalue weighted by Gasteiger charge is -2.42. The van der Waals surface area contributed by atoms with E-state index in [1.54, 1.807) is 0 Å². The molecule has 0 saturated carbocycles. The van der Waals surface area contributed by atoms with Crippen LogP contribution in [0, 0.1) is 12.8 Å². The van der Waals surface area contributed by atoms with Gasteiger partial charge in [0.15, 0.2) is 0 Å². The van der Waals surface area contributed by atoms with E-state index in [1.165, 1.54) is 29.0 Å². The summed E-state index contributed by atoms with van der Waals surface area (Å²) >= 11 is 1.90. The summed E-state index contributed by atoms with van der Waals surface area (Å²) < 4.78 is 5.97.